The molecule has 1 fully saturated rings. The third kappa shape index (κ3) is 7.06. The number of allylic oxidation sites excluding steroid dienone is 1. The molecule has 2 aliphatic carbocycles. The molecule has 3 N–H and O–H groups in total. The maximum atomic E-state index is 12.0. The molecule has 3 aliphatic rings. The van der Waals surface area contributed by atoms with Crippen LogP contribution >= 0.6 is 11.6 Å². The van der Waals surface area contributed by atoms with E-state index in [1.54, 1.807) is 25.3 Å². The normalized spacial score (nSPS) is 25.1. The average molecular weight is 631 g/mol. The van der Waals surface area contributed by atoms with Crippen molar-refractivity contribution in [2.75, 3.05) is 37.5 Å². The topological polar surface area (TPSA) is 119 Å². The standard InChI is InChI=1S/C33H43ClN2O6S/c1-21(12-14-43(35,39)40)15-22(2)31(41-3)27-9-6-25(27)18-36-19-33(13-4-5-23-16-26(34)8-10-28(23)33)20-42-30-11-7-24(32(37)38)17-29(30)36/h7-8,10-11,15-17,21,25,27,31H,4-6,9,12-14,18-20H2,1-3H3,(H,37,38)(H2,35,39,40)/b22-15+/t21?,25-,27+,31+,33-/m0/s1. The fourth-order valence-electron chi connectivity index (χ4n) is 7.43. The summed E-state index contributed by atoms with van der Waals surface area (Å²) in [7, 11) is -1.77. The summed E-state index contributed by atoms with van der Waals surface area (Å²) in [5, 5.41) is 15.8. The Balaban J connectivity index is 1.43. The second kappa shape index (κ2) is 12.8. The van der Waals surface area contributed by atoms with Gasteiger partial charge in [-0.3, -0.25) is 0 Å². The van der Waals surface area contributed by atoms with Gasteiger partial charge in [-0.05, 0) is 110 Å². The van der Waals surface area contributed by atoms with Gasteiger partial charge in [-0.25, -0.2) is 18.4 Å². The first-order valence-corrected chi connectivity index (χ1v) is 17.2. The van der Waals surface area contributed by atoms with Gasteiger partial charge in [-0.1, -0.05) is 30.7 Å². The molecule has 1 heterocycles. The van der Waals surface area contributed by atoms with Crippen molar-refractivity contribution in [1.29, 1.82) is 0 Å². The van der Waals surface area contributed by atoms with Crippen molar-refractivity contribution < 1.29 is 27.8 Å². The number of primary sulfonamides is 1. The summed E-state index contributed by atoms with van der Waals surface area (Å²) in [6.07, 6.45) is 7.55. The first kappa shape index (κ1) is 31.8. The number of hydrogen-bond acceptors (Lipinski definition) is 6. The Hall–Kier alpha value is -2.59. The highest BCUT2D eigenvalue weighted by molar-refractivity contribution is 7.89. The van der Waals surface area contributed by atoms with Gasteiger partial charge in [-0.2, -0.15) is 0 Å². The third-order valence-corrected chi connectivity index (χ3v) is 10.8. The summed E-state index contributed by atoms with van der Waals surface area (Å²) < 4.78 is 35.5. The van der Waals surface area contributed by atoms with E-state index in [1.165, 1.54) is 11.1 Å². The molecular formula is C33H43ClN2O6S. The number of benzene rings is 2. The number of aryl methyl sites for hydroxylation is 1. The van der Waals surface area contributed by atoms with Crippen LogP contribution in [-0.2, 0) is 26.6 Å². The predicted octanol–water partition coefficient (Wildman–Crippen LogP) is 5.81. The Labute approximate surface area is 260 Å². The van der Waals surface area contributed by atoms with Crippen LogP contribution in [0, 0.1) is 17.8 Å². The molecule has 0 amide bonds. The first-order chi connectivity index (χ1) is 20.4. The third-order valence-electron chi connectivity index (χ3n) is 9.71. The minimum atomic E-state index is -3.50. The second-order valence-corrected chi connectivity index (χ2v) is 15.0. The van der Waals surface area contributed by atoms with E-state index in [9.17, 15) is 18.3 Å². The van der Waals surface area contributed by atoms with Crippen LogP contribution in [0.25, 0.3) is 0 Å². The molecule has 2 aromatic rings. The zero-order valence-electron chi connectivity index (χ0n) is 25.2. The van der Waals surface area contributed by atoms with Gasteiger partial charge >= 0.3 is 5.97 Å². The minimum absolute atomic E-state index is 0.0481. The van der Waals surface area contributed by atoms with E-state index in [0.717, 1.165) is 61.5 Å². The smallest absolute Gasteiger partial charge is 0.335 e. The van der Waals surface area contributed by atoms with Crippen molar-refractivity contribution in [3.8, 4) is 5.75 Å². The number of nitrogens with zero attached hydrogens (tertiary/aromatic N) is 1. The number of aromatic carboxylic acids is 1. The summed E-state index contributed by atoms with van der Waals surface area (Å²) in [5.74, 6) is 0.374. The van der Waals surface area contributed by atoms with Gasteiger partial charge in [0.25, 0.3) is 0 Å². The van der Waals surface area contributed by atoms with Gasteiger partial charge in [0.15, 0.2) is 0 Å². The summed E-state index contributed by atoms with van der Waals surface area (Å²) in [6.45, 7) is 6.05. The molecule has 5 rings (SSSR count). The number of ether oxygens (including phenoxy) is 2. The summed E-state index contributed by atoms with van der Waals surface area (Å²) >= 11 is 6.39. The maximum absolute atomic E-state index is 12.0. The van der Waals surface area contributed by atoms with Crippen molar-refractivity contribution in [3.05, 3.63) is 69.8 Å². The number of hydrogen-bond donors (Lipinski definition) is 2. The van der Waals surface area contributed by atoms with Gasteiger partial charge in [-0.15, -0.1) is 0 Å². The molecule has 0 radical (unpaired) electrons. The number of rotatable bonds is 10. The van der Waals surface area contributed by atoms with E-state index in [1.807, 2.05) is 13.0 Å². The SMILES string of the molecule is CO[C@H](/C(C)=C/C(C)CCS(N)(=O)=O)[C@@H]1CC[C@H]1CN1C[C@@]2(CCCc3cc(Cl)ccc32)COc2ccc(C(=O)O)cc21. The molecule has 0 saturated heterocycles. The van der Waals surface area contributed by atoms with Crippen molar-refractivity contribution in [2.24, 2.45) is 22.9 Å². The van der Waals surface area contributed by atoms with Crippen LogP contribution in [0.5, 0.6) is 5.75 Å². The molecule has 0 aromatic heterocycles. The number of carboxylic acids is 1. The lowest BCUT2D eigenvalue weighted by Crippen LogP contribution is -2.50. The zero-order chi connectivity index (χ0) is 30.9. The molecule has 2 aromatic carbocycles. The number of methoxy groups -OCH3 is 1. The second-order valence-electron chi connectivity index (χ2n) is 12.8. The van der Waals surface area contributed by atoms with Crippen molar-refractivity contribution in [1.82, 2.24) is 0 Å². The molecule has 1 aliphatic heterocycles. The van der Waals surface area contributed by atoms with E-state index in [2.05, 4.69) is 30.0 Å². The Morgan fingerprint density at radius 3 is 2.74 bits per heavy atom. The fourth-order valence-corrected chi connectivity index (χ4v) is 8.32. The Morgan fingerprint density at radius 1 is 1.28 bits per heavy atom. The van der Waals surface area contributed by atoms with Gasteiger partial charge in [0, 0.05) is 30.6 Å². The number of fused-ring (bicyclic) bond motifs is 3. The highest BCUT2D eigenvalue weighted by Gasteiger charge is 2.44. The maximum Gasteiger partial charge on any atom is 0.335 e. The lowest BCUT2D eigenvalue weighted by atomic mass is 9.67. The molecule has 1 unspecified atom stereocenters. The molecule has 234 valence electrons. The Kier molecular flexibility index (Phi) is 9.47. The molecule has 1 spiro atoms. The van der Waals surface area contributed by atoms with Crippen LogP contribution < -0.4 is 14.8 Å². The van der Waals surface area contributed by atoms with Gasteiger partial charge in [0.1, 0.15) is 5.75 Å². The first-order valence-electron chi connectivity index (χ1n) is 15.1. The number of carbonyl (C=O) groups is 1. The van der Waals surface area contributed by atoms with Crippen molar-refractivity contribution in [2.45, 2.75) is 63.9 Å². The van der Waals surface area contributed by atoms with E-state index in [-0.39, 0.29) is 34.7 Å². The number of halogens is 1. The van der Waals surface area contributed by atoms with E-state index < -0.39 is 16.0 Å². The summed E-state index contributed by atoms with van der Waals surface area (Å²) in [5.41, 5.74) is 4.45. The quantitative estimate of drug-likeness (QED) is 0.318. The highest BCUT2D eigenvalue weighted by Crippen LogP contribution is 2.47. The molecule has 1 saturated carbocycles. The Bertz CT molecular complexity index is 1490. The van der Waals surface area contributed by atoms with E-state index in [4.69, 9.17) is 26.2 Å². The van der Waals surface area contributed by atoms with Crippen molar-refractivity contribution >= 4 is 33.3 Å². The molecule has 10 heteroatoms. The van der Waals surface area contributed by atoms with Gasteiger partial charge in [0.05, 0.1) is 29.7 Å². The number of nitrogens with two attached hydrogens (primary N) is 1. The fraction of sp³-hybridized carbons (Fsp3) is 0.545. The van der Waals surface area contributed by atoms with Crippen LogP contribution in [0.15, 0.2) is 48.0 Å². The van der Waals surface area contributed by atoms with E-state index >= 15 is 0 Å². The largest absolute Gasteiger partial charge is 0.490 e. The molecular weight excluding hydrogens is 588 g/mol. The summed E-state index contributed by atoms with van der Waals surface area (Å²) in [6, 6.07) is 11.3. The number of anilines is 1. The summed E-state index contributed by atoms with van der Waals surface area (Å²) in [4.78, 5) is 14.3. The predicted molar refractivity (Wildman–Crippen MR) is 170 cm³/mol. The average Bonchev–Trinajstić information content (AvgIpc) is 3.09. The lowest BCUT2D eigenvalue weighted by Gasteiger charge is -2.46. The zero-order valence-corrected chi connectivity index (χ0v) is 26.8. The molecule has 0 bridgehead atoms. The van der Waals surface area contributed by atoms with Gasteiger partial charge in [0.2, 0.25) is 10.0 Å². The van der Waals surface area contributed by atoms with Crippen LogP contribution in [0.1, 0.15) is 67.4 Å². The van der Waals surface area contributed by atoms with Crippen LogP contribution in [0.4, 0.5) is 5.69 Å². The number of carboxylic acid groups (broad SMARTS) is 1. The molecule has 5 atom stereocenters. The Morgan fingerprint density at radius 2 is 2.07 bits per heavy atom. The van der Waals surface area contributed by atoms with Crippen LogP contribution in [0.2, 0.25) is 5.02 Å². The van der Waals surface area contributed by atoms with Gasteiger partial charge < -0.3 is 19.5 Å². The van der Waals surface area contributed by atoms with Crippen LogP contribution in [-0.4, -0.2) is 58.2 Å². The monoisotopic (exact) mass is 630 g/mol. The highest BCUT2D eigenvalue weighted by atomic mass is 35.5. The molecule has 43 heavy (non-hydrogen) atoms. The van der Waals surface area contributed by atoms with Crippen LogP contribution in [0.3, 0.4) is 0 Å². The minimum Gasteiger partial charge on any atom is -0.490 e. The van der Waals surface area contributed by atoms with E-state index in [0.29, 0.717) is 24.7 Å². The molecule has 8 nitrogen and oxygen atoms in total. The lowest BCUT2D eigenvalue weighted by molar-refractivity contribution is 0.00601. The number of sulfonamides is 1. The van der Waals surface area contributed by atoms with Crippen molar-refractivity contribution in [3.63, 3.8) is 0 Å².